The molecule has 1 atom stereocenters. The van der Waals surface area contributed by atoms with Crippen molar-refractivity contribution in [1.29, 1.82) is 0 Å². The van der Waals surface area contributed by atoms with Crippen LogP contribution in [0.2, 0.25) is 0 Å². The van der Waals surface area contributed by atoms with Gasteiger partial charge in [-0.25, -0.2) is 4.79 Å². The summed E-state index contributed by atoms with van der Waals surface area (Å²) in [5.41, 5.74) is 2.01. The number of rotatable bonds is 10. The number of piperidine rings is 1. The van der Waals surface area contributed by atoms with Crippen LogP contribution in [-0.4, -0.2) is 38.6 Å². The second-order valence-electron chi connectivity index (χ2n) is 7.72. The first-order chi connectivity index (χ1) is 14.4. The molecule has 9 nitrogen and oxygen atoms in total. The number of hydrogen-bond acceptors (Lipinski definition) is 5. The first kappa shape index (κ1) is 21.6. The van der Waals surface area contributed by atoms with Gasteiger partial charge in [-0.1, -0.05) is 19.3 Å². The third kappa shape index (κ3) is 4.90. The first-order valence-corrected chi connectivity index (χ1v) is 10.4. The molecular weight excluding hydrogens is 388 g/mol. The molecule has 1 saturated heterocycles. The Hall–Kier alpha value is -3.10. The molecule has 0 aliphatic carbocycles. The fourth-order valence-electron chi connectivity index (χ4n) is 3.87. The summed E-state index contributed by atoms with van der Waals surface area (Å²) in [7, 11) is 1.67. The molecule has 1 aliphatic rings. The number of unbranched alkanes of at least 4 members (excludes halogenated alkanes) is 4. The van der Waals surface area contributed by atoms with Gasteiger partial charge in [0.05, 0.1) is 11.0 Å². The first-order valence-electron chi connectivity index (χ1n) is 10.4. The Bertz CT molecular complexity index is 1010. The normalized spacial score (nSPS) is 16.6. The number of carboxylic acid groups (broad SMARTS) is 1. The van der Waals surface area contributed by atoms with Crippen molar-refractivity contribution in [3.05, 3.63) is 28.7 Å². The Morgan fingerprint density at radius 3 is 2.60 bits per heavy atom. The SMILES string of the molecule is Cn1c(=O)n(C2CCC(=O)NC2=O)c2ccc(NCCCCCCCC(=O)O)cc21. The minimum Gasteiger partial charge on any atom is -0.481 e. The third-order valence-corrected chi connectivity index (χ3v) is 5.51. The molecule has 3 rings (SSSR count). The molecule has 1 aromatic heterocycles. The molecule has 2 amide bonds. The van der Waals surface area contributed by atoms with Crippen LogP contribution in [-0.2, 0) is 21.4 Å². The predicted octanol–water partition coefficient (Wildman–Crippen LogP) is 2.15. The largest absolute Gasteiger partial charge is 0.481 e. The van der Waals surface area contributed by atoms with Crippen LogP contribution in [0.3, 0.4) is 0 Å². The number of carbonyl (C=O) groups is 3. The van der Waals surface area contributed by atoms with Crippen molar-refractivity contribution in [3.8, 4) is 0 Å². The lowest BCUT2D eigenvalue weighted by Crippen LogP contribution is -2.44. The maximum Gasteiger partial charge on any atom is 0.329 e. The molecule has 1 aromatic carbocycles. The lowest BCUT2D eigenvalue weighted by molar-refractivity contribution is -0.137. The quantitative estimate of drug-likeness (QED) is 0.403. The van der Waals surface area contributed by atoms with Crippen molar-refractivity contribution in [2.75, 3.05) is 11.9 Å². The molecule has 1 aliphatic heterocycles. The molecular formula is C21H28N4O5. The minimum absolute atomic E-state index is 0.217. The van der Waals surface area contributed by atoms with Crippen molar-refractivity contribution < 1.29 is 19.5 Å². The topological polar surface area (TPSA) is 122 Å². The van der Waals surface area contributed by atoms with Gasteiger partial charge in [-0.05, 0) is 37.5 Å². The van der Waals surface area contributed by atoms with Gasteiger partial charge < -0.3 is 10.4 Å². The monoisotopic (exact) mass is 416 g/mol. The number of aromatic nitrogens is 2. The Morgan fingerprint density at radius 2 is 1.87 bits per heavy atom. The fraction of sp³-hybridized carbons (Fsp3) is 0.524. The number of amides is 2. The summed E-state index contributed by atoms with van der Waals surface area (Å²) in [6.45, 7) is 0.784. The molecule has 0 spiro atoms. The van der Waals surface area contributed by atoms with E-state index in [2.05, 4.69) is 10.6 Å². The van der Waals surface area contributed by atoms with E-state index >= 15 is 0 Å². The number of aryl methyl sites for hydroxylation is 1. The summed E-state index contributed by atoms with van der Waals surface area (Å²) in [6, 6.07) is 4.93. The Morgan fingerprint density at radius 1 is 1.13 bits per heavy atom. The molecule has 3 N–H and O–H groups in total. The van der Waals surface area contributed by atoms with Crippen molar-refractivity contribution in [2.45, 2.75) is 57.4 Å². The van der Waals surface area contributed by atoms with Crippen LogP contribution >= 0.6 is 0 Å². The van der Waals surface area contributed by atoms with E-state index in [1.165, 1.54) is 9.13 Å². The highest BCUT2D eigenvalue weighted by Gasteiger charge is 2.31. The molecule has 30 heavy (non-hydrogen) atoms. The van der Waals surface area contributed by atoms with Gasteiger partial charge in [-0.15, -0.1) is 0 Å². The Labute approximate surface area is 174 Å². The molecule has 1 fully saturated rings. The van der Waals surface area contributed by atoms with Gasteiger partial charge >= 0.3 is 11.7 Å². The highest BCUT2D eigenvalue weighted by atomic mass is 16.4. The number of nitrogens with zero attached hydrogens (tertiary/aromatic N) is 2. The number of carboxylic acids is 1. The van der Waals surface area contributed by atoms with E-state index in [1.54, 1.807) is 7.05 Å². The van der Waals surface area contributed by atoms with Gasteiger partial charge in [-0.3, -0.25) is 28.8 Å². The molecule has 0 bridgehead atoms. The van der Waals surface area contributed by atoms with Crippen molar-refractivity contribution >= 4 is 34.5 Å². The lowest BCUT2D eigenvalue weighted by atomic mass is 10.1. The summed E-state index contributed by atoms with van der Waals surface area (Å²) >= 11 is 0. The molecule has 9 heteroatoms. The maximum absolute atomic E-state index is 12.8. The van der Waals surface area contributed by atoms with Gasteiger partial charge in [0.15, 0.2) is 0 Å². The van der Waals surface area contributed by atoms with Crippen LogP contribution in [0, 0.1) is 0 Å². The van der Waals surface area contributed by atoms with Crippen LogP contribution in [0.1, 0.15) is 57.4 Å². The number of imidazole rings is 1. The van der Waals surface area contributed by atoms with Gasteiger partial charge in [-0.2, -0.15) is 0 Å². The molecule has 0 saturated carbocycles. The van der Waals surface area contributed by atoms with Crippen LogP contribution in [0.4, 0.5) is 5.69 Å². The van der Waals surface area contributed by atoms with E-state index in [9.17, 15) is 19.2 Å². The van der Waals surface area contributed by atoms with Crippen molar-refractivity contribution in [2.24, 2.45) is 7.05 Å². The Balaban J connectivity index is 1.61. The highest BCUT2D eigenvalue weighted by molar-refractivity contribution is 6.00. The van der Waals surface area contributed by atoms with Gasteiger partial charge in [0.2, 0.25) is 11.8 Å². The van der Waals surface area contributed by atoms with Crippen molar-refractivity contribution in [3.63, 3.8) is 0 Å². The number of nitrogens with one attached hydrogen (secondary N) is 2. The second kappa shape index (κ2) is 9.60. The summed E-state index contributed by atoms with van der Waals surface area (Å²) in [6.07, 6.45) is 5.42. The number of imide groups is 1. The standard InChI is InChI=1S/C21H28N4O5/c1-24-17-13-14(22-12-6-4-2-3-5-7-19(27)28)8-9-15(17)25(21(24)30)16-10-11-18(26)23-20(16)29/h8-9,13,16,22H,2-7,10-12H2,1H3,(H,27,28)(H,23,26,29). The number of aliphatic carboxylic acids is 1. The molecule has 0 radical (unpaired) electrons. The van der Waals surface area contributed by atoms with E-state index in [0.717, 1.165) is 49.9 Å². The molecule has 2 aromatic rings. The maximum atomic E-state index is 12.8. The number of hydrogen-bond donors (Lipinski definition) is 3. The van der Waals surface area contributed by atoms with Gasteiger partial charge in [0.1, 0.15) is 6.04 Å². The van der Waals surface area contributed by atoms with Crippen LogP contribution in [0.5, 0.6) is 0 Å². The number of benzene rings is 1. The van der Waals surface area contributed by atoms with E-state index in [-0.39, 0.29) is 24.4 Å². The number of anilines is 1. The van der Waals surface area contributed by atoms with Gasteiger partial charge in [0.25, 0.3) is 0 Å². The summed E-state index contributed by atoms with van der Waals surface area (Å²) in [5, 5.41) is 14.3. The Kier molecular flexibility index (Phi) is 6.91. The molecule has 1 unspecified atom stereocenters. The highest BCUT2D eigenvalue weighted by Crippen LogP contribution is 2.25. The average molecular weight is 416 g/mol. The smallest absolute Gasteiger partial charge is 0.329 e. The second-order valence-corrected chi connectivity index (χ2v) is 7.72. The van der Waals surface area contributed by atoms with Crippen molar-refractivity contribution in [1.82, 2.24) is 14.5 Å². The molecule has 2 heterocycles. The van der Waals surface area contributed by atoms with E-state index < -0.39 is 17.9 Å². The van der Waals surface area contributed by atoms with E-state index in [1.807, 2.05) is 18.2 Å². The van der Waals surface area contributed by atoms with E-state index in [0.29, 0.717) is 11.9 Å². The van der Waals surface area contributed by atoms with E-state index in [4.69, 9.17) is 5.11 Å². The van der Waals surface area contributed by atoms with Crippen LogP contribution in [0.25, 0.3) is 11.0 Å². The van der Waals surface area contributed by atoms with Crippen LogP contribution in [0.15, 0.2) is 23.0 Å². The zero-order valence-electron chi connectivity index (χ0n) is 17.1. The zero-order chi connectivity index (χ0) is 21.7. The summed E-state index contributed by atoms with van der Waals surface area (Å²) in [4.78, 5) is 46.9. The summed E-state index contributed by atoms with van der Waals surface area (Å²) < 4.78 is 2.99. The third-order valence-electron chi connectivity index (χ3n) is 5.51. The van der Waals surface area contributed by atoms with Gasteiger partial charge in [0, 0.05) is 32.1 Å². The number of carbonyl (C=O) groups excluding carboxylic acids is 2. The fourth-order valence-corrected chi connectivity index (χ4v) is 3.87. The lowest BCUT2D eigenvalue weighted by Gasteiger charge is -2.21. The zero-order valence-corrected chi connectivity index (χ0v) is 17.1. The average Bonchev–Trinajstić information content (AvgIpc) is 2.94. The molecule has 162 valence electrons. The van der Waals surface area contributed by atoms with Crippen LogP contribution < -0.4 is 16.3 Å². The predicted molar refractivity (Wildman–Crippen MR) is 112 cm³/mol. The number of fused-ring (bicyclic) bond motifs is 1. The summed E-state index contributed by atoms with van der Waals surface area (Å²) in [5.74, 6) is -1.49. The minimum atomic E-state index is -0.743.